The van der Waals surface area contributed by atoms with E-state index in [0.29, 0.717) is 6.54 Å². The largest absolute Gasteiger partial charge is 0.483 e. The summed E-state index contributed by atoms with van der Waals surface area (Å²) in [7, 11) is 3.77. The van der Waals surface area contributed by atoms with E-state index in [0.717, 1.165) is 5.69 Å². The van der Waals surface area contributed by atoms with Crippen molar-refractivity contribution in [1.82, 2.24) is 9.88 Å². The van der Waals surface area contributed by atoms with Crippen molar-refractivity contribution in [3.8, 4) is 5.75 Å². The highest BCUT2D eigenvalue weighted by molar-refractivity contribution is 5.19. The molecule has 0 fully saturated rings. The lowest BCUT2D eigenvalue weighted by molar-refractivity contribution is -0.153. The second kappa shape index (κ2) is 5.16. The molecule has 0 spiro atoms. The molecule has 1 aromatic heterocycles. The number of hydrogen-bond acceptors (Lipinski definition) is 3. The molecule has 1 heterocycles. The molecule has 0 aromatic carbocycles. The Labute approximate surface area is 91.8 Å². The fourth-order valence-corrected chi connectivity index (χ4v) is 1.08. The molecule has 16 heavy (non-hydrogen) atoms. The molecule has 0 aliphatic heterocycles. The summed E-state index contributed by atoms with van der Waals surface area (Å²) in [4.78, 5) is 5.90. The Bertz CT molecular complexity index is 322. The van der Waals surface area contributed by atoms with Gasteiger partial charge in [0.25, 0.3) is 0 Å². The van der Waals surface area contributed by atoms with Crippen molar-refractivity contribution in [3.05, 3.63) is 24.0 Å². The molecule has 90 valence electrons. The molecule has 0 N–H and O–H groups in total. The number of hydrogen-bond donors (Lipinski definition) is 0. The van der Waals surface area contributed by atoms with Crippen LogP contribution in [0.15, 0.2) is 18.3 Å². The van der Waals surface area contributed by atoms with Gasteiger partial charge in [-0.1, -0.05) is 0 Å². The standard InChI is InChI=1S/C10H13F3N2O/c1-15(2)6-8-3-4-9(5-14-8)16-7-10(11,12)13/h3-5H,6-7H2,1-2H3. The van der Waals surface area contributed by atoms with Gasteiger partial charge in [-0.15, -0.1) is 0 Å². The summed E-state index contributed by atoms with van der Waals surface area (Å²) in [6, 6.07) is 3.13. The minimum absolute atomic E-state index is 0.125. The molecule has 0 saturated carbocycles. The topological polar surface area (TPSA) is 25.4 Å². The Balaban J connectivity index is 2.51. The van der Waals surface area contributed by atoms with Gasteiger partial charge in [0.1, 0.15) is 5.75 Å². The molecule has 0 radical (unpaired) electrons. The first-order chi connectivity index (χ1) is 7.37. The van der Waals surface area contributed by atoms with Crippen LogP contribution in [0.2, 0.25) is 0 Å². The maximum absolute atomic E-state index is 11.8. The Hall–Kier alpha value is -1.30. The molecule has 0 aliphatic carbocycles. The Morgan fingerprint density at radius 1 is 1.31 bits per heavy atom. The van der Waals surface area contributed by atoms with Gasteiger partial charge in [0.2, 0.25) is 0 Å². The molecule has 1 rings (SSSR count). The second-order valence-electron chi connectivity index (χ2n) is 3.63. The molecule has 3 nitrogen and oxygen atoms in total. The van der Waals surface area contributed by atoms with E-state index in [1.54, 1.807) is 6.07 Å². The molecule has 0 aliphatic rings. The minimum Gasteiger partial charge on any atom is -0.483 e. The van der Waals surface area contributed by atoms with Gasteiger partial charge < -0.3 is 9.64 Å². The van der Waals surface area contributed by atoms with Crippen LogP contribution in [0.1, 0.15) is 5.69 Å². The Morgan fingerprint density at radius 3 is 2.44 bits per heavy atom. The van der Waals surface area contributed by atoms with Crippen LogP contribution in [0.25, 0.3) is 0 Å². The summed E-state index contributed by atoms with van der Waals surface area (Å²) in [5, 5.41) is 0. The highest BCUT2D eigenvalue weighted by Gasteiger charge is 2.28. The van der Waals surface area contributed by atoms with Crippen LogP contribution in [0, 0.1) is 0 Å². The summed E-state index contributed by atoms with van der Waals surface area (Å²) in [5.41, 5.74) is 0.782. The number of ether oxygens (including phenoxy) is 1. The SMILES string of the molecule is CN(C)Cc1ccc(OCC(F)(F)F)cn1. The van der Waals surface area contributed by atoms with Crippen LogP contribution >= 0.6 is 0 Å². The first-order valence-corrected chi connectivity index (χ1v) is 4.66. The van der Waals surface area contributed by atoms with E-state index < -0.39 is 12.8 Å². The number of halogens is 3. The smallest absolute Gasteiger partial charge is 0.422 e. The number of pyridine rings is 1. The summed E-state index contributed by atoms with van der Waals surface area (Å²) in [6.45, 7) is -0.652. The summed E-state index contributed by atoms with van der Waals surface area (Å²) >= 11 is 0. The number of aromatic nitrogens is 1. The van der Waals surface area contributed by atoms with Crippen molar-refractivity contribution in [1.29, 1.82) is 0 Å². The van der Waals surface area contributed by atoms with Crippen LogP contribution in [0.5, 0.6) is 5.75 Å². The zero-order valence-electron chi connectivity index (χ0n) is 9.08. The number of nitrogens with zero attached hydrogens (tertiary/aromatic N) is 2. The van der Waals surface area contributed by atoms with E-state index >= 15 is 0 Å². The van der Waals surface area contributed by atoms with E-state index in [-0.39, 0.29) is 5.75 Å². The molecule has 0 bridgehead atoms. The molecule has 6 heteroatoms. The summed E-state index contributed by atoms with van der Waals surface area (Å²) < 4.78 is 40.1. The van der Waals surface area contributed by atoms with Crippen LogP contribution in [0.4, 0.5) is 13.2 Å². The molecular weight excluding hydrogens is 221 g/mol. The second-order valence-corrected chi connectivity index (χ2v) is 3.63. The Morgan fingerprint density at radius 2 is 2.00 bits per heavy atom. The van der Waals surface area contributed by atoms with Crippen molar-refractivity contribution in [2.45, 2.75) is 12.7 Å². The fourth-order valence-electron chi connectivity index (χ4n) is 1.08. The van der Waals surface area contributed by atoms with Gasteiger partial charge in [-0.25, -0.2) is 0 Å². The lowest BCUT2D eigenvalue weighted by Crippen LogP contribution is -2.19. The van der Waals surface area contributed by atoms with Crippen LogP contribution in [-0.2, 0) is 6.54 Å². The van der Waals surface area contributed by atoms with Gasteiger partial charge in [-0.2, -0.15) is 13.2 Å². The molecule has 0 unspecified atom stereocenters. The lowest BCUT2D eigenvalue weighted by Gasteiger charge is -2.11. The predicted molar refractivity (Wildman–Crippen MR) is 53.2 cm³/mol. The van der Waals surface area contributed by atoms with E-state index in [2.05, 4.69) is 9.72 Å². The summed E-state index contributed by atoms with van der Waals surface area (Å²) in [6.07, 6.45) is -3.02. The molecular formula is C10H13F3N2O. The first-order valence-electron chi connectivity index (χ1n) is 4.66. The quantitative estimate of drug-likeness (QED) is 0.797. The van der Waals surface area contributed by atoms with Crippen LogP contribution in [0.3, 0.4) is 0 Å². The predicted octanol–water partition coefficient (Wildman–Crippen LogP) is 2.08. The van der Waals surface area contributed by atoms with Crippen molar-refractivity contribution in [2.24, 2.45) is 0 Å². The maximum atomic E-state index is 11.8. The minimum atomic E-state index is -4.32. The highest BCUT2D eigenvalue weighted by atomic mass is 19.4. The monoisotopic (exact) mass is 234 g/mol. The normalized spacial score (nSPS) is 11.9. The third-order valence-corrected chi connectivity index (χ3v) is 1.68. The zero-order chi connectivity index (χ0) is 12.2. The van der Waals surface area contributed by atoms with Crippen molar-refractivity contribution >= 4 is 0 Å². The average Bonchev–Trinajstić information content (AvgIpc) is 2.14. The van der Waals surface area contributed by atoms with Gasteiger partial charge in [0, 0.05) is 6.54 Å². The van der Waals surface area contributed by atoms with Gasteiger partial charge in [0.15, 0.2) is 6.61 Å². The molecule has 0 atom stereocenters. The zero-order valence-corrected chi connectivity index (χ0v) is 9.08. The van der Waals surface area contributed by atoms with E-state index in [1.807, 2.05) is 19.0 Å². The van der Waals surface area contributed by atoms with Gasteiger partial charge in [-0.05, 0) is 26.2 Å². The van der Waals surface area contributed by atoms with Crippen molar-refractivity contribution in [3.63, 3.8) is 0 Å². The maximum Gasteiger partial charge on any atom is 0.422 e. The average molecular weight is 234 g/mol. The van der Waals surface area contributed by atoms with Crippen LogP contribution < -0.4 is 4.74 Å². The summed E-state index contributed by atoms with van der Waals surface area (Å²) in [5.74, 6) is 0.125. The van der Waals surface area contributed by atoms with Crippen molar-refractivity contribution in [2.75, 3.05) is 20.7 Å². The van der Waals surface area contributed by atoms with E-state index in [1.165, 1.54) is 12.3 Å². The fraction of sp³-hybridized carbons (Fsp3) is 0.500. The Kier molecular flexibility index (Phi) is 4.12. The number of alkyl halides is 3. The highest BCUT2D eigenvalue weighted by Crippen LogP contribution is 2.17. The van der Waals surface area contributed by atoms with Gasteiger partial charge >= 0.3 is 6.18 Å². The molecule has 1 aromatic rings. The van der Waals surface area contributed by atoms with E-state index in [9.17, 15) is 13.2 Å². The van der Waals surface area contributed by atoms with E-state index in [4.69, 9.17) is 0 Å². The number of rotatable bonds is 4. The van der Waals surface area contributed by atoms with Crippen molar-refractivity contribution < 1.29 is 17.9 Å². The van der Waals surface area contributed by atoms with Gasteiger partial charge in [0.05, 0.1) is 11.9 Å². The van der Waals surface area contributed by atoms with Gasteiger partial charge in [-0.3, -0.25) is 4.98 Å². The first kappa shape index (κ1) is 12.8. The molecule has 0 amide bonds. The van der Waals surface area contributed by atoms with Crippen LogP contribution in [-0.4, -0.2) is 36.8 Å². The lowest BCUT2D eigenvalue weighted by atomic mass is 10.3. The molecule has 0 saturated heterocycles. The third-order valence-electron chi connectivity index (χ3n) is 1.68. The third kappa shape index (κ3) is 4.97.